The van der Waals surface area contributed by atoms with Crippen molar-refractivity contribution in [1.82, 2.24) is 4.90 Å². The molecule has 0 radical (unpaired) electrons. The number of carbonyl (C=O) groups excluding carboxylic acids is 3. The number of rotatable bonds is 8. The maximum Gasteiger partial charge on any atom is 0.262 e. The Labute approximate surface area is 275 Å². The van der Waals surface area contributed by atoms with E-state index in [0.29, 0.717) is 46.0 Å². The maximum atomic E-state index is 14.0. The third-order valence-corrected chi connectivity index (χ3v) is 9.55. The Bertz CT molecular complexity index is 1580. The van der Waals surface area contributed by atoms with Gasteiger partial charge in [-0.15, -0.1) is 0 Å². The van der Waals surface area contributed by atoms with Crippen LogP contribution in [-0.2, 0) is 14.4 Å². The van der Waals surface area contributed by atoms with Gasteiger partial charge in [-0.25, -0.2) is 0 Å². The summed E-state index contributed by atoms with van der Waals surface area (Å²) in [5, 5.41) is 3.55. The summed E-state index contributed by atoms with van der Waals surface area (Å²) in [5.74, 6) is -0.323. The molecule has 2 aromatic rings. The average molecular weight is 654 g/mol. The number of carbonyl (C=O) groups is 3. The first-order chi connectivity index (χ1) is 21.1. The van der Waals surface area contributed by atoms with Gasteiger partial charge < -0.3 is 19.7 Å². The molecule has 1 amide bonds. The van der Waals surface area contributed by atoms with Crippen molar-refractivity contribution in [3.8, 4) is 11.5 Å². The van der Waals surface area contributed by atoms with Gasteiger partial charge in [0.05, 0.1) is 12.1 Å². The zero-order chi connectivity index (χ0) is 32.8. The second-order valence-electron chi connectivity index (χ2n) is 14.0. The summed E-state index contributed by atoms with van der Waals surface area (Å²) in [6.07, 6.45) is 3.17. The SMILES string of the molecule is CCCN1C2=C(C(=O)CC(C)(C)C2)C(c2cc(Cl)c(OCC(=O)Nc3ccc(C)c(Cl)c3)c(OC)c2)C2=C1CC(C)(C)CC2=O. The summed E-state index contributed by atoms with van der Waals surface area (Å²) in [5.41, 5.74) is 5.13. The maximum absolute atomic E-state index is 14.0. The van der Waals surface area contributed by atoms with Crippen LogP contribution >= 0.6 is 23.2 Å². The molecule has 0 saturated carbocycles. The fraction of sp³-hybridized carbons (Fsp3) is 0.472. The van der Waals surface area contributed by atoms with Gasteiger partial charge in [-0.2, -0.15) is 0 Å². The van der Waals surface area contributed by atoms with E-state index in [9.17, 15) is 14.4 Å². The van der Waals surface area contributed by atoms with Crippen LogP contribution in [0.4, 0.5) is 5.69 Å². The molecule has 2 aromatic carbocycles. The van der Waals surface area contributed by atoms with E-state index in [-0.39, 0.29) is 39.8 Å². The van der Waals surface area contributed by atoms with Crippen LogP contribution in [0.15, 0.2) is 52.9 Å². The summed E-state index contributed by atoms with van der Waals surface area (Å²) in [4.78, 5) is 43.0. The van der Waals surface area contributed by atoms with Crippen molar-refractivity contribution in [1.29, 1.82) is 0 Å². The predicted octanol–water partition coefficient (Wildman–Crippen LogP) is 8.42. The predicted molar refractivity (Wildman–Crippen MR) is 178 cm³/mol. The van der Waals surface area contributed by atoms with Crippen LogP contribution in [-0.4, -0.2) is 42.6 Å². The zero-order valence-electron chi connectivity index (χ0n) is 27.2. The van der Waals surface area contributed by atoms with Crippen LogP contribution in [0.5, 0.6) is 11.5 Å². The van der Waals surface area contributed by atoms with Crippen LogP contribution in [0.1, 0.15) is 83.8 Å². The summed E-state index contributed by atoms with van der Waals surface area (Å²) >= 11 is 13.0. The van der Waals surface area contributed by atoms with Crippen molar-refractivity contribution in [3.63, 3.8) is 0 Å². The van der Waals surface area contributed by atoms with Gasteiger partial charge in [-0.1, -0.05) is 63.9 Å². The lowest BCUT2D eigenvalue weighted by atomic mass is 9.63. The number of benzene rings is 2. The molecule has 9 heteroatoms. The van der Waals surface area contributed by atoms with E-state index in [1.165, 1.54) is 7.11 Å². The fourth-order valence-corrected chi connectivity index (χ4v) is 7.38. The van der Waals surface area contributed by atoms with E-state index in [1.54, 1.807) is 24.3 Å². The van der Waals surface area contributed by atoms with Gasteiger partial charge in [-0.05, 0) is 72.4 Å². The van der Waals surface area contributed by atoms with E-state index >= 15 is 0 Å². The number of nitrogens with zero attached hydrogens (tertiary/aromatic N) is 1. The highest BCUT2D eigenvalue weighted by Crippen LogP contribution is 2.55. The zero-order valence-corrected chi connectivity index (χ0v) is 28.7. The van der Waals surface area contributed by atoms with E-state index in [1.807, 2.05) is 13.0 Å². The highest BCUT2D eigenvalue weighted by molar-refractivity contribution is 6.32. The molecule has 0 unspecified atom stereocenters. The van der Waals surface area contributed by atoms with E-state index in [0.717, 1.165) is 42.8 Å². The van der Waals surface area contributed by atoms with Gasteiger partial charge in [0.1, 0.15) is 0 Å². The lowest BCUT2D eigenvalue weighted by Gasteiger charge is -2.49. The molecule has 7 nitrogen and oxygen atoms in total. The van der Waals surface area contributed by atoms with E-state index < -0.39 is 11.8 Å². The third kappa shape index (κ3) is 6.66. The van der Waals surface area contributed by atoms with Gasteiger partial charge in [0.25, 0.3) is 5.91 Å². The molecule has 0 fully saturated rings. The number of methoxy groups -OCH3 is 1. The Morgan fingerprint density at radius 3 is 2.07 bits per heavy atom. The van der Waals surface area contributed by atoms with Crippen LogP contribution in [0, 0.1) is 17.8 Å². The van der Waals surface area contributed by atoms with Crippen LogP contribution in [0.25, 0.3) is 0 Å². The standard InChI is InChI=1S/C36H42Cl2N2O5/c1-8-11-40-25-15-35(3,4)17-27(41)32(25)31(33-26(40)16-36(5,6)18-28(33)42)21-12-24(38)34(29(13-21)44-7)45-19-30(43)39-22-10-9-20(2)23(37)14-22/h9-10,12-14,31H,8,11,15-19H2,1-7H3,(H,39,43). The number of hydrogen-bond acceptors (Lipinski definition) is 6. The number of allylic oxidation sites excluding steroid dienone is 4. The van der Waals surface area contributed by atoms with Gasteiger partial charge in [0.15, 0.2) is 29.7 Å². The molecule has 0 saturated heterocycles. The molecule has 5 rings (SSSR count). The first-order valence-electron chi connectivity index (χ1n) is 15.5. The molecule has 0 atom stereocenters. The normalized spacial score (nSPS) is 19.4. The van der Waals surface area contributed by atoms with Crippen molar-refractivity contribution >= 4 is 46.4 Å². The molecule has 2 aliphatic carbocycles. The highest BCUT2D eigenvalue weighted by atomic mass is 35.5. The van der Waals surface area contributed by atoms with Crippen molar-refractivity contribution in [2.24, 2.45) is 10.8 Å². The molecule has 240 valence electrons. The molecule has 3 aliphatic rings. The summed E-state index contributed by atoms with van der Waals surface area (Å²) in [6, 6.07) is 8.79. The van der Waals surface area contributed by atoms with Gasteiger partial charge in [-0.3, -0.25) is 14.4 Å². The van der Waals surface area contributed by atoms with Gasteiger partial charge in [0.2, 0.25) is 0 Å². The number of ether oxygens (including phenoxy) is 2. The lowest BCUT2D eigenvalue weighted by Crippen LogP contribution is -2.44. The molecule has 0 bridgehead atoms. The summed E-state index contributed by atoms with van der Waals surface area (Å²) < 4.78 is 11.6. The fourth-order valence-electron chi connectivity index (χ4n) is 6.93. The van der Waals surface area contributed by atoms with Crippen LogP contribution < -0.4 is 14.8 Å². The molecular formula is C36H42Cl2N2O5. The van der Waals surface area contributed by atoms with E-state index in [2.05, 4.69) is 44.8 Å². The van der Waals surface area contributed by atoms with Crippen molar-refractivity contribution < 1.29 is 23.9 Å². The third-order valence-electron chi connectivity index (χ3n) is 8.86. The number of halogens is 2. The Morgan fingerprint density at radius 2 is 1.53 bits per heavy atom. The highest BCUT2D eigenvalue weighted by Gasteiger charge is 2.49. The average Bonchev–Trinajstić information content (AvgIpc) is 2.93. The van der Waals surface area contributed by atoms with Crippen LogP contribution in [0.2, 0.25) is 10.0 Å². The van der Waals surface area contributed by atoms with E-state index in [4.69, 9.17) is 32.7 Å². The van der Waals surface area contributed by atoms with Crippen molar-refractivity contribution in [3.05, 3.63) is 74.0 Å². The second-order valence-corrected chi connectivity index (χ2v) is 14.8. The number of aryl methyl sites for hydroxylation is 1. The molecule has 45 heavy (non-hydrogen) atoms. The largest absolute Gasteiger partial charge is 0.493 e. The molecule has 0 spiro atoms. The number of amides is 1. The topological polar surface area (TPSA) is 84.9 Å². The smallest absolute Gasteiger partial charge is 0.262 e. The van der Waals surface area contributed by atoms with Gasteiger partial charge in [0, 0.05) is 58.6 Å². The minimum absolute atomic E-state index is 0.0554. The molecule has 0 aromatic heterocycles. The van der Waals surface area contributed by atoms with Crippen molar-refractivity contribution in [2.45, 2.75) is 79.6 Å². The first kappa shape index (κ1) is 33.1. The Balaban J connectivity index is 1.54. The molecule has 1 N–H and O–H groups in total. The lowest BCUT2D eigenvalue weighted by molar-refractivity contribution is -0.120. The quantitative estimate of drug-likeness (QED) is 0.308. The number of hydrogen-bond donors (Lipinski definition) is 1. The molecular weight excluding hydrogens is 611 g/mol. The minimum Gasteiger partial charge on any atom is -0.493 e. The number of ketones is 2. The van der Waals surface area contributed by atoms with Gasteiger partial charge >= 0.3 is 0 Å². The number of anilines is 1. The Morgan fingerprint density at radius 1 is 0.933 bits per heavy atom. The first-order valence-corrected chi connectivity index (χ1v) is 16.3. The molecule has 1 heterocycles. The second kappa shape index (κ2) is 12.5. The monoisotopic (exact) mass is 652 g/mol. The van der Waals surface area contributed by atoms with Crippen LogP contribution in [0.3, 0.4) is 0 Å². The summed E-state index contributed by atoms with van der Waals surface area (Å²) in [7, 11) is 1.50. The Hall–Kier alpha value is -3.29. The minimum atomic E-state index is -0.564. The molecule has 1 aliphatic heterocycles. The number of nitrogens with one attached hydrogen (secondary N) is 1. The number of Topliss-reactive ketones (excluding diaryl/α,β-unsaturated/α-hetero) is 2. The van der Waals surface area contributed by atoms with Crippen molar-refractivity contribution in [2.75, 3.05) is 25.6 Å². The Kier molecular flexibility index (Phi) is 9.18. The summed E-state index contributed by atoms with van der Waals surface area (Å²) in [6.45, 7) is 12.9.